The van der Waals surface area contributed by atoms with Crippen molar-refractivity contribution in [3.8, 4) is 17.2 Å². The summed E-state index contributed by atoms with van der Waals surface area (Å²) in [6, 6.07) is 12.4. The molecule has 0 spiro atoms. The summed E-state index contributed by atoms with van der Waals surface area (Å²) in [4.78, 5) is 25.5. The van der Waals surface area contributed by atoms with Gasteiger partial charge in [0.2, 0.25) is 5.91 Å². The SMILES string of the molecule is CC(=O)NN=Cc1ccccc1OCCCCCOc1ccc(C(=O)N(C(C)C)C(C)C)c(O)c1. The summed E-state index contributed by atoms with van der Waals surface area (Å²) < 4.78 is 11.6. The zero-order chi connectivity index (χ0) is 25.8. The predicted molar refractivity (Wildman–Crippen MR) is 137 cm³/mol. The maximum Gasteiger partial charge on any atom is 0.258 e. The monoisotopic (exact) mass is 483 g/mol. The lowest BCUT2D eigenvalue weighted by molar-refractivity contribution is -0.118. The number of carbonyl (C=O) groups excluding carboxylic acids is 2. The van der Waals surface area contributed by atoms with Crippen molar-refractivity contribution in [1.29, 1.82) is 0 Å². The fourth-order valence-electron chi connectivity index (χ4n) is 3.65. The summed E-state index contributed by atoms with van der Waals surface area (Å²) >= 11 is 0. The molecule has 0 bridgehead atoms. The second-order valence-corrected chi connectivity index (χ2v) is 8.80. The van der Waals surface area contributed by atoms with E-state index in [4.69, 9.17) is 9.47 Å². The Morgan fingerprint density at radius 3 is 2.29 bits per heavy atom. The second-order valence-electron chi connectivity index (χ2n) is 8.80. The van der Waals surface area contributed by atoms with Gasteiger partial charge in [-0.1, -0.05) is 12.1 Å². The normalized spacial score (nSPS) is 11.2. The number of benzene rings is 2. The van der Waals surface area contributed by atoms with Crippen LogP contribution in [0.4, 0.5) is 0 Å². The molecule has 0 saturated heterocycles. The largest absolute Gasteiger partial charge is 0.507 e. The minimum Gasteiger partial charge on any atom is -0.507 e. The summed E-state index contributed by atoms with van der Waals surface area (Å²) in [6.45, 7) is 10.3. The Hall–Kier alpha value is -3.55. The number of hydrogen-bond acceptors (Lipinski definition) is 6. The quantitative estimate of drug-likeness (QED) is 0.243. The number of unbranched alkanes of at least 4 members (excludes halogenated alkanes) is 2. The van der Waals surface area contributed by atoms with Crippen LogP contribution in [0.15, 0.2) is 47.6 Å². The summed E-state index contributed by atoms with van der Waals surface area (Å²) in [5.41, 5.74) is 3.44. The Balaban J connectivity index is 1.75. The topological polar surface area (TPSA) is 100 Å². The molecule has 0 saturated carbocycles. The van der Waals surface area contributed by atoms with Crippen LogP contribution >= 0.6 is 0 Å². The number of nitrogens with zero attached hydrogens (tertiary/aromatic N) is 2. The van der Waals surface area contributed by atoms with Gasteiger partial charge in [0.1, 0.15) is 17.2 Å². The Labute approximate surface area is 207 Å². The van der Waals surface area contributed by atoms with Gasteiger partial charge in [-0.05, 0) is 71.2 Å². The third kappa shape index (κ3) is 8.96. The van der Waals surface area contributed by atoms with Crippen molar-refractivity contribution >= 4 is 18.0 Å². The van der Waals surface area contributed by atoms with E-state index in [0.29, 0.717) is 24.7 Å². The van der Waals surface area contributed by atoms with Crippen molar-refractivity contribution in [3.63, 3.8) is 0 Å². The third-order valence-electron chi connectivity index (χ3n) is 5.21. The first kappa shape index (κ1) is 27.7. The number of phenols is 1. The number of para-hydroxylation sites is 1. The molecule has 2 amide bonds. The molecule has 190 valence electrons. The maximum atomic E-state index is 12.8. The molecular weight excluding hydrogens is 446 g/mol. The molecule has 8 nitrogen and oxygen atoms in total. The molecule has 0 atom stereocenters. The molecule has 0 aliphatic heterocycles. The van der Waals surface area contributed by atoms with Crippen molar-refractivity contribution in [2.24, 2.45) is 5.10 Å². The van der Waals surface area contributed by atoms with Crippen LogP contribution in [0.1, 0.15) is 69.8 Å². The van der Waals surface area contributed by atoms with E-state index in [9.17, 15) is 14.7 Å². The van der Waals surface area contributed by atoms with Crippen LogP contribution in [0.5, 0.6) is 17.2 Å². The van der Waals surface area contributed by atoms with Crippen molar-refractivity contribution in [2.45, 2.75) is 66.0 Å². The summed E-state index contributed by atoms with van der Waals surface area (Å²) in [6.07, 6.45) is 4.13. The van der Waals surface area contributed by atoms with Gasteiger partial charge in [-0.15, -0.1) is 0 Å². The maximum absolute atomic E-state index is 12.8. The summed E-state index contributed by atoms with van der Waals surface area (Å²) in [7, 11) is 0. The highest BCUT2D eigenvalue weighted by molar-refractivity contribution is 5.97. The average molecular weight is 484 g/mol. The molecule has 0 fully saturated rings. The van der Waals surface area contributed by atoms with E-state index in [1.807, 2.05) is 52.0 Å². The van der Waals surface area contributed by atoms with Crippen LogP contribution in [0, 0.1) is 0 Å². The number of carbonyl (C=O) groups is 2. The lowest BCUT2D eigenvalue weighted by atomic mass is 10.1. The molecule has 2 N–H and O–H groups in total. The summed E-state index contributed by atoms with van der Waals surface area (Å²) in [5.74, 6) is 0.736. The number of amides is 2. The van der Waals surface area contributed by atoms with Crippen LogP contribution in [0.3, 0.4) is 0 Å². The van der Waals surface area contributed by atoms with Gasteiger partial charge in [0.05, 0.1) is 25.0 Å². The molecule has 0 aliphatic rings. The van der Waals surface area contributed by atoms with E-state index in [1.165, 1.54) is 13.0 Å². The van der Waals surface area contributed by atoms with Crippen LogP contribution in [-0.2, 0) is 4.79 Å². The van der Waals surface area contributed by atoms with Crippen molar-refractivity contribution < 1.29 is 24.2 Å². The molecule has 2 aromatic rings. The van der Waals surface area contributed by atoms with E-state index in [0.717, 1.165) is 24.8 Å². The highest BCUT2D eigenvalue weighted by Crippen LogP contribution is 2.26. The van der Waals surface area contributed by atoms with Gasteiger partial charge in [-0.3, -0.25) is 9.59 Å². The molecule has 2 aromatic carbocycles. The van der Waals surface area contributed by atoms with Gasteiger partial charge in [0, 0.05) is 30.6 Å². The minimum atomic E-state index is -0.231. The first-order valence-electron chi connectivity index (χ1n) is 12.0. The zero-order valence-electron chi connectivity index (χ0n) is 21.3. The van der Waals surface area contributed by atoms with Gasteiger partial charge in [-0.25, -0.2) is 5.43 Å². The van der Waals surface area contributed by atoms with E-state index in [2.05, 4.69) is 10.5 Å². The van der Waals surface area contributed by atoms with Crippen molar-refractivity contribution in [1.82, 2.24) is 10.3 Å². The first-order chi connectivity index (χ1) is 16.7. The molecule has 0 unspecified atom stereocenters. The highest BCUT2D eigenvalue weighted by atomic mass is 16.5. The van der Waals surface area contributed by atoms with E-state index in [-0.39, 0.29) is 35.2 Å². The van der Waals surface area contributed by atoms with Crippen molar-refractivity contribution in [3.05, 3.63) is 53.6 Å². The van der Waals surface area contributed by atoms with Gasteiger partial charge < -0.3 is 19.5 Å². The Kier molecular flexibility index (Phi) is 11.1. The molecule has 35 heavy (non-hydrogen) atoms. The lowest BCUT2D eigenvalue weighted by Crippen LogP contribution is -2.42. The number of nitrogens with one attached hydrogen (secondary N) is 1. The van der Waals surface area contributed by atoms with Gasteiger partial charge in [-0.2, -0.15) is 5.10 Å². The predicted octanol–water partition coefficient (Wildman–Crippen LogP) is 4.75. The van der Waals surface area contributed by atoms with Gasteiger partial charge >= 0.3 is 0 Å². The number of ether oxygens (including phenoxy) is 2. The van der Waals surface area contributed by atoms with Crippen LogP contribution in [0.25, 0.3) is 0 Å². The Morgan fingerprint density at radius 1 is 1.00 bits per heavy atom. The minimum absolute atomic E-state index is 0.0344. The van der Waals surface area contributed by atoms with E-state index < -0.39 is 0 Å². The second kappa shape index (κ2) is 14.0. The molecular formula is C27H37N3O5. The Morgan fingerprint density at radius 2 is 1.66 bits per heavy atom. The first-order valence-corrected chi connectivity index (χ1v) is 12.0. The molecule has 0 radical (unpaired) electrons. The number of hydrogen-bond donors (Lipinski definition) is 2. The number of rotatable bonds is 13. The molecule has 0 aliphatic carbocycles. The number of hydrazone groups is 1. The highest BCUT2D eigenvalue weighted by Gasteiger charge is 2.24. The van der Waals surface area contributed by atoms with Gasteiger partial charge in [0.25, 0.3) is 5.91 Å². The average Bonchev–Trinajstić information content (AvgIpc) is 2.78. The van der Waals surface area contributed by atoms with E-state index >= 15 is 0 Å². The van der Waals surface area contributed by atoms with Crippen molar-refractivity contribution in [2.75, 3.05) is 13.2 Å². The summed E-state index contributed by atoms with van der Waals surface area (Å²) in [5, 5.41) is 14.3. The third-order valence-corrected chi connectivity index (χ3v) is 5.21. The Bertz CT molecular complexity index is 996. The zero-order valence-corrected chi connectivity index (χ0v) is 21.3. The molecule has 8 heteroatoms. The van der Waals surface area contributed by atoms with Crippen LogP contribution in [0.2, 0.25) is 0 Å². The smallest absolute Gasteiger partial charge is 0.258 e. The van der Waals surface area contributed by atoms with Crippen LogP contribution in [-0.4, -0.2) is 53.3 Å². The molecule has 0 heterocycles. The van der Waals surface area contributed by atoms with Gasteiger partial charge in [0.15, 0.2) is 0 Å². The number of phenolic OH excluding ortho intramolecular Hbond substituents is 1. The fraction of sp³-hybridized carbons (Fsp3) is 0.444. The molecule has 0 aromatic heterocycles. The van der Waals surface area contributed by atoms with Crippen LogP contribution < -0.4 is 14.9 Å². The number of aromatic hydroxyl groups is 1. The molecule has 2 rings (SSSR count). The fourth-order valence-corrected chi connectivity index (χ4v) is 3.65. The van der Waals surface area contributed by atoms with E-state index in [1.54, 1.807) is 23.2 Å². The lowest BCUT2D eigenvalue weighted by Gasteiger charge is -2.31. The standard InChI is InChI=1S/C27H37N3O5/c1-19(2)30(20(3)4)27(33)24-14-13-23(17-25(24)32)34-15-9-6-10-16-35-26-12-8-7-11-22(26)18-28-29-21(5)31/h7-8,11-14,17-20,32H,6,9-10,15-16H2,1-5H3,(H,29,31).